The molecule has 3 rings (SSSR count). The standard InChI is InChI=1S/C14H20N4O2S/c1-9(2)12-6-15-13(21-12)7-18-4-5-19-8-11(18)14-16-10(3)17-20-14/h6,9,11H,4-5,7-8H2,1-3H3/t11-/m0/s1. The molecule has 1 fully saturated rings. The Kier molecular flexibility index (Phi) is 4.32. The summed E-state index contributed by atoms with van der Waals surface area (Å²) in [7, 11) is 0. The molecule has 114 valence electrons. The van der Waals surface area contributed by atoms with Gasteiger partial charge in [0.05, 0.1) is 19.8 Å². The molecule has 1 aliphatic heterocycles. The SMILES string of the molecule is Cc1noc([C@@H]2COCCN2Cc2ncc(C(C)C)s2)n1. The van der Waals surface area contributed by atoms with Crippen molar-refractivity contribution in [1.29, 1.82) is 0 Å². The zero-order valence-electron chi connectivity index (χ0n) is 12.6. The molecular weight excluding hydrogens is 288 g/mol. The third-order valence-electron chi connectivity index (χ3n) is 3.55. The van der Waals surface area contributed by atoms with Crippen molar-refractivity contribution in [3.63, 3.8) is 0 Å². The lowest BCUT2D eigenvalue weighted by atomic mass is 10.2. The summed E-state index contributed by atoms with van der Waals surface area (Å²) in [6.07, 6.45) is 1.98. The Morgan fingerprint density at radius 3 is 3.00 bits per heavy atom. The lowest BCUT2D eigenvalue weighted by Gasteiger charge is -2.32. The molecule has 0 aromatic carbocycles. The molecule has 3 heterocycles. The molecule has 0 radical (unpaired) electrons. The van der Waals surface area contributed by atoms with E-state index in [2.05, 4.69) is 33.9 Å². The van der Waals surface area contributed by atoms with Gasteiger partial charge in [0.15, 0.2) is 5.82 Å². The molecule has 0 unspecified atom stereocenters. The first kappa shape index (κ1) is 14.6. The van der Waals surface area contributed by atoms with Gasteiger partial charge in [-0.15, -0.1) is 11.3 Å². The van der Waals surface area contributed by atoms with Gasteiger partial charge in [0.2, 0.25) is 5.89 Å². The summed E-state index contributed by atoms with van der Waals surface area (Å²) in [6, 6.07) is 0.0198. The molecule has 0 aliphatic carbocycles. The Morgan fingerprint density at radius 1 is 1.48 bits per heavy atom. The second-order valence-electron chi connectivity index (χ2n) is 5.55. The van der Waals surface area contributed by atoms with E-state index in [0.29, 0.717) is 24.2 Å². The average Bonchev–Trinajstić information content (AvgIpc) is 3.09. The Labute approximate surface area is 128 Å². The fraction of sp³-hybridized carbons (Fsp3) is 0.643. The van der Waals surface area contributed by atoms with Crippen LogP contribution in [0.4, 0.5) is 0 Å². The van der Waals surface area contributed by atoms with Crippen LogP contribution in [0.3, 0.4) is 0 Å². The number of morpholine rings is 1. The third kappa shape index (κ3) is 3.30. The van der Waals surface area contributed by atoms with Crippen molar-refractivity contribution < 1.29 is 9.26 Å². The maximum Gasteiger partial charge on any atom is 0.246 e. The van der Waals surface area contributed by atoms with Gasteiger partial charge in [-0.25, -0.2) is 4.98 Å². The van der Waals surface area contributed by atoms with Crippen LogP contribution in [-0.4, -0.2) is 39.8 Å². The predicted molar refractivity (Wildman–Crippen MR) is 79.2 cm³/mol. The smallest absolute Gasteiger partial charge is 0.246 e. The molecule has 0 saturated carbocycles. The van der Waals surface area contributed by atoms with E-state index in [1.54, 1.807) is 11.3 Å². The molecule has 0 N–H and O–H groups in total. The molecule has 6 nitrogen and oxygen atoms in total. The van der Waals surface area contributed by atoms with Crippen LogP contribution in [0.1, 0.15) is 47.4 Å². The van der Waals surface area contributed by atoms with E-state index in [0.717, 1.165) is 24.7 Å². The zero-order chi connectivity index (χ0) is 14.8. The van der Waals surface area contributed by atoms with Crippen LogP contribution >= 0.6 is 11.3 Å². The second-order valence-corrected chi connectivity index (χ2v) is 6.70. The van der Waals surface area contributed by atoms with Gasteiger partial charge in [-0.3, -0.25) is 4.90 Å². The summed E-state index contributed by atoms with van der Waals surface area (Å²) in [4.78, 5) is 12.5. The van der Waals surface area contributed by atoms with E-state index in [-0.39, 0.29) is 6.04 Å². The van der Waals surface area contributed by atoms with E-state index in [1.165, 1.54) is 4.88 Å². The maximum absolute atomic E-state index is 5.57. The number of thiazole rings is 1. The summed E-state index contributed by atoms with van der Waals surface area (Å²) in [5, 5.41) is 5.01. The molecule has 1 atom stereocenters. The second kappa shape index (κ2) is 6.21. The number of aryl methyl sites for hydroxylation is 1. The zero-order valence-corrected chi connectivity index (χ0v) is 13.4. The van der Waals surface area contributed by atoms with Crippen molar-refractivity contribution in [2.24, 2.45) is 0 Å². The molecule has 0 bridgehead atoms. The number of hydrogen-bond acceptors (Lipinski definition) is 7. The first-order valence-electron chi connectivity index (χ1n) is 7.20. The van der Waals surface area contributed by atoms with Crippen LogP contribution in [0, 0.1) is 6.92 Å². The molecule has 2 aromatic heterocycles. The monoisotopic (exact) mass is 308 g/mol. The number of rotatable bonds is 4. The van der Waals surface area contributed by atoms with Crippen molar-refractivity contribution in [3.05, 3.63) is 27.8 Å². The fourth-order valence-electron chi connectivity index (χ4n) is 2.34. The van der Waals surface area contributed by atoms with Crippen LogP contribution in [-0.2, 0) is 11.3 Å². The molecule has 1 saturated heterocycles. The van der Waals surface area contributed by atoms with Crippen LogP contribution < -0.4 is 0 Å². The van der Waals surface area contributed by atoms with E-state index >= 15 is 0 Å². The number of nitrogens with zero attached hydrogens (tertiary/aromatic N) is 4. The summed E-state index contributed by atoms with van der Waals surface area (Å²) >= 11 is 1.78. The molecule has 21 heavy (non-hydrogen) atoms. The Balaban J connectivity index is 1.74. The Morgan fingerprint density at radius 2 is 2.33 bits per heavy atom. The van der Waals surface area contributed by atoms with Gasteiger partial charge in [0.25, 0.3) is 0 Å². The predicted octanol–water partition coefficient (Wildman–Crippen LogP) is 2.53. The van der Waals surface area contributed by atoms with Crippen molar-refractivity contribution in [2.75, 3.05) is 19.8 Å². The number of ether oxygens (including phenoxy) is 1. The van der Waals surface area contributed by atoms with Gasteiger partial charge in [-0.05, 0) is 12.8 Å². The van der Waals surface area contributed by atoms with Crippen LogP contribution in [0.25, 0.3) is 0 Å². The first-order chi connectivity index (χ1) is 10.1. The largest absolute Gasteiger partial charge is 0.378 e. The lowest BCUT2D eigenvalue weighted by molar-refractivity contribution is -0.0241. The van der Waals surface area contributed by atoms with Gasteiger partial charge < -0.3 is 9.26 Å². The van der Waals surface area contributed by atoms with Crippen LogP contribution in [0.2, 0.25) is 0 Å². The Hall–Kier alpha value is -1.31. The quantitative estimate of drug-likeness (QED) is 0.865. The van der Waals surface area contributed by atoms with Crippen LogP contribution in [0.15, 0.2) is 10.7 Å². The highest BCUT2D eigenvalue weighted by Crippen LogP contribution is 2.28. The summed E-state index contributed by atoms with van der Waals surface area (Å²) < 4.78 is 10.9. The van der Waals surface area contributed by atoms with Crippen molar-refractivity contribution in [3.8, 4) is 0 Å². The van der Waals surface area contributed by atoms with Gasteiger partial charge in [-0.2, -0.15) is 4.98 Å². The average molecular weight is 308 g/mol. The highest BCUT2D eigenvalue weighted by molar-refractivity contribution is 7.11. The van der Waals surface area contributed by atoms with Crippen LogP contribution in [0.5, 0.6) is 0 Å². The molecular formula is C14H20N4O2S. The van der Waals surface area contributed by atoms with Gasteiger partial charge in [0.1, 0.15) is 11.0 Å². The molecule has 1 aliphatic rings. The maximum atomic E-state index is 5.57. The summed E-state index contributed by atoms with van der Waals surface area (Å²) in [5.41, 5.74) is 0. The van der Waals surface area contributed by atoms with Gasteiger partial charge in [0, 0.05) is 17.6 Å². The molecule has 0 amide bonds. The molecule has 0 spiro atoms. The van der Waals surface area contributed by atoms with E-state index in [1.807, 2.05) is 13.1 Å². The minimum atomic E-state index is 0.0198. The minimum Gasteiger partial charge on any atom is -0.378 e. The Bertz CT molecular complexity index is 595. The van der Waals surface area contributed by atoms with Crippen molar-refractivity contribution >= 4 is 11.3 Å². The molecule has 7 heteroatoms. The topological polar surface area (TPSA) is 64.3 Å². The van der Waals surface area contributed by atoms with Crippen molar-refractivity contribution in [1.82, 2.24) is 20.0 Å². The van der Waals surface area contributed by atoms with Gasteiger partial charge in [-0.1, -0.05) is 19.0 Å². The lowest BCUT2D eigenvalue weighted by Crippen LogP contribution is -2.39. The minimum absolute atomic E-state index is 0.0198. The van der Waals surface area contributed by atoms with E-state index < -0.39 is 0 Å². The summed E-state index contributed by atoms with van der Waals surface area (Å²) in [5.74, 6) is 1.81. The highest BCUT2D eigenvalue weighted by Gasteiger charge is 2.29. The third-order valence-corrected chi connectivity index (χ3v) is 4.83. The van der Waals surface area contributed by atoms with E-state index in [4.69, 9.17) is 9.26 Å². The van der Waals surface area contributed by atoms with E-state index in [9.17, 15) is 0 Å². The normalized spacial score (nSPS) is 20.3. The fourth-order valence-corrected chi connectivity index (χ4v) is 3.29. The summed E-state index contributed by atoms with van der Waals surface area (Å²) in [6.45, 7) is 9.18. The van der Waals surface area contributed by atoms with Gasteiger partial charge >= 0.3 is 0 Å². The highest BCUT2D eigenvalue weighted by atomic mass is 32.1. The first-order valence-corrected chi connectivity index (χ1v) is 8.01. The van der Waals surface area contributed by atoms with Crippen molar-refractivity contribution in [2.45, 2.75) is 39.3 Å². The number of aromatic nitrogens is 3. The molecule has 2 aromatic rings. The number of hydrogen-bond donors (Lipinski definition) is 0.